The van der Waals surface area contributed by atoms with Gasteiger partial charge in [-0.3, -0.25) is 9.13 Å². The van der Waals surface area contributed by atoms with E-state index in [1.165, 1.54) is 35.2 Å². The van der Waals surface area contributed by atoms with Crippen LogP contribution in [0.4, 0.5) is 8.78 Å². The number of halogens is 3. The number of fused-ring (bicyclic) bond motifs is 2. The molecule has 0 aliphatic rings. The Morgan fingerprint density at radius 1 is 1.10 bits per heavy atom. The number of benzene rings is 2. The van der Waals surface area contributed by atoms with E-state index in [-0.39, 0.29) is 17.1 Å². The molecule has 0 saturated carbocycles. The van der Waals surface area contributed by atoms with Crippen LogP contribution in [0.15, 0.2) is 59.7 Å². The highest BCUT2D eigenvalue weighted by atomic mass is 35.5. The fourth-order valence-corrected chi connectivity index (χ4v) is 3.53. The van der Waals surface area contributed by atoms with E-state index in [4.69, 9.17) is 11.6 Å². The summed E-state index contributed by atoms with van der Waals surface area (Å²) >= 11 is 6.11. The Bertz CT molecular complexity index is 1430. The second-order valence-corrected chi connectivity index (χ2v) is 6.91. The Kier molecular flexibility index (Phi) is 3.95. The molecule has 6 nitrogen and oxygen atoms in total. The number of aromatic nitrogens is 5. The molecule has 0 radical (unpaired) electrons. The molecule has 3 aromatic heterocycles. The summed E-state index contributed by atoms with van der Waals surface area (Å²) in [6, 6.07) is 12.0. The van der Waals surface area contributed by atoms with Crippen LogP contribution in [-0.4, -0.2) is 24.1 Å². The molecular formula is C20H12ClF2N5O. The van der Waals surface area contributed by atoms with E-state index in [0.29, 0.717) is 28.0 Å². The van der Waals surface area contributed by atoms with E-state index >= 15 is 0 Å². The van der Waals surface area contributed by atoms with Crippen molar-refractivity contribution in [3.05, 3.63) is 87.6 Å². The molecule has 0 bridgehead atoms. The van der Waals surface area contributed by atoms with E-state index in [0.717, 1.165) is 0 Å². The van der Waals surface area contributed by atoms with Crippen molar-refractivity contribution in [1.82, 2.24) is 24.1 Å². The summed E-state index contributed by atoms with van der Waals surface area (Å²) in [5.41, 5.74) is 1.72. The lowest BCUT2D eigenvalue weighted by Gasteiger charge is -2.08. The van der Waals surface area contributed by atoms with Crippen molar-refractivity contribution in [2.24, 2.45) is 0 Å². The first-order valence-electron chi connectivity index (χ1n) is 8.67. The van der Waals surface area contributed by atoms with Gasteiger partial charge in [0.05, 0.1) is 23.1 Å². The van der Waals surface area contributed by atoms with E-state index in [9.17, 15) is 13.6 Å². The van der Waals surface area contributed by atoms with Crippen molar-refractivity contribution < 1.29 is 8.78 Å². The van der Waals surface area contributed by atoms with E-state index in [2.05, 4.69) is 15.0 Å². The monoisotopic (exact) mass is 411 g/mol. The third-order valence-corrected chi connectivity index (χ3v) is 5.09. The number of aromatic amines is 1. The summed E-state index contributed by atoms with van der Waals surface area (Å²) < 4.78 is 30.8. The maximum absolute atomic E-state index is 14.2. The van der Waals surface area contributed by atoms with Gasteiger partial charge in [0.2, 0.25) is 0 Å². The van der Waals surface area contributed by atoms with Gasteiger partial charge in [-0.05, 0) is 36.4 Å². The average molecular weight is 412 g/mol. The van der Waals surface area contributed by atoms with Crippen LogP contribution < -0.4 is 5.69 Å². The zero-order valence-electron chi connectivity index (χ0n) is 14.7. The molecule has 9 heteroatoms. The van der Waals surface area contributed by atoms with Crippen molar-refractivity contribution in [2.45, 2.75) is 6.54 Å². The van der Waals surface area contributed by atoms with Gasteiger partial charge in [0.25, 0.3) is 0 Å². The van der Waals surface area contributed by atoms with Gasteiger partial charge >= 0.3 is 5.69 Å². The SMILES string of the molecule is O=c1[nH]c2ccc(-n3cnc4ccc(F)cc43)nc2n1Cc1c(F)cccc1Cl. The van der Waals surface area contributed by atoms with Gasteiger partial charge in [0, 0.05) is 16.7 Å². The highest BCUT2D eigenvalue weighted by molar-refractivity contribution is 6.31. The molecular weight excluding hydrogens is 400 g/mol. The largest absolute Gasteiger partial charge is 0.327 e. The number of imidazole rings is 2. The van der Waals surface area contributed by atoms with Crippen molar-refractivity contribution in [3.63, 3.8) is 0 Å². The molecule has 0 spiro atoms. The van der Waals surface area contributed by atoms with Crippen molar-refractivity contribution in [2.75, 3.05) is 0 Å². The van der Waals surface area contributed by atoms with Gasteiger partial charge in [-0.25, -0.2) is 23.5 Å². The molecule has 0 aliphatic carbocycles. The number of pyridine rings is 1. The summed E-state index contributed by atoms with van der Waals surface area (Å²) in [5.74, 6) is -0.461. The molecule has 0 atom stereocenters. The Hall–Kier alpha value is -3.52. The summed E-state index contributed by atoms with van der Waals surface area (Å²) in [5, 5.41) is 0.221. The maximum Gasteiger partial charge on any atom is 0.327 e. The Balaban J connectivity index is 1.68. The molecule has 5 rings (SSSR count). The minimum atomic E-state index is -0.508. The number of rotatable bonds is 3. The zero-order valence-corrected chi connectivity index (χ0v) is 15.5. The first kappa shape index (κ1) is 17.6. The summed E-state index contributed by atoms with van der Waals surface area (Å²) in [6.45, 7) is -0.0832. The van der Waals surface area contributed by atoms with Crippen LogP contribution in [0, 0.1) is 11.6 Å². The van der Waals surface area contributed by atoms with Gasteiger partial charge < -0.3 is 4.98 Å². The second kappa shape index (κ2) is 6.52. The highest BCUT2D eigenvalue weighted by Crippen LogP contribution is 2.23. The van der Waals surface area contributed by atoms with Crippen LogP contribution in [0.3, 0.4) is 0 Å². The summed E-state index contributed by atoms with van der Waals surface area (Å²) in [7, 11) is 0. The number of hydrogen-bond acceptors (Lipinski definition) is 3. The number of H-pyrrole nitrogens is 1. The number of nitrogens with one attached hydrogen (secondary N) is 1. The van der Waals surface area contributed by atoms with E-state index in [1.807, 2.05) is 0 Å². The Morgan fingerprint density at radius 2 is 1.97 bits per heavy atom. The molecule has 0 fully saturated rings. The molecule has 1 N–H and O–H groups in total. The Labute approximate surface area is 167 Å². The number of nitrogens with zero attached hydrogens (tertiary/aromatic N) is 4. The predicted octanol–water partition coefficient (Wildman–Crippen LogP) is 4.04. The molecule has 0 unspecified atom stereocenters. The minimum Gasteiger partial charge on any atom is -0.304 e. The van der Waals surface area contributed by atoms with E-state index in [1.54, 1.807) is 28.8 Å². The molecule has 0 amide bonds. The quantitative estimate of drug-likeness (QED) is 0.487. The molecule has 5 aromatic rings. The highest BCUT2D eigenvalue weighted by Gasteiger charge is 2.15. The summed E-state index contributed by atoms with van der Waals surface area (Å²) in [4.78, 5) is 23.9. The van der Waals surface area contributed by atoms with Crippen LogP contribution >= 0.6 is 11.6 Å². The first-order chi connectivity index (χ1) is 14.0. The Morgan fingerprint density at radius 3 is 2.79 bits per heavy atom. The van der Waals surface area contributed by atoms with Crippen LogP contribution in [0.5, 0.6) is 0 Å². The smallest absolute Gasteiger partial charge is 0.304 e. The maximum atomic E-state index is 14.2. The van der Waals surface area contributed by atoms with Crippen molar-refractivity contribution in [1.29, 1.82) is 0 Å². The first-order valence-corrected chi connectivity index (χ1v) is 9.04. The predicted molar refractivity (Wildman–Crippen MR) is 105 cm³/mol. The lowest BCUT2D eigenvalue weighted by Crippen LogP contribution is -2.18. The fourth-order valence-electron chi connectivity index (χ4n) is 3.31. The molecule has 0 saturated heterocycles. The third kappa shape index (κ3) is 2.89. The minimum absolute atomic E-state index is 0.0832. The third-order valence-electron chi connectivity index (χ3n) is 4.74. The summed E-state index contributed by atoms with van der Waals surface area (Å²) in [6.07, 6.45) is 1.53. The van der Waals surface area contributed by atoms with Crippen LogP contribution in [-0.2, 0) is 6.54 Å². The second-order valence-electron chi connectivity index (χ2n) is 6.50. The molecule has 29 heavy (non-hydrogen) atoms. The van der Waals surface area contributed by atoms with Crippen LogP contribution in [0.2, 0.25) is 5.02 Å². The van der Waals surface area contributed by atoms with Gasteiger partial charge in [-0.15, -0.1) is 0 Å². The van der Waals surface area contributed by atoms with Crippen molar-refractivity contribution in [3.8, 4) is 5.82 Å². The lowest BCUT2D eigenvalue weighted by molar-refractivity contribution is 0.598. The van der Waals surface area contributed by atoms with E-state index < -0.39 is 17.3 Å². The number of hydrogen-bond donors (Lipinski definition) is 1. The molecule has 2 aromatic carbocycles. The van der Waals surface area contributed by atoms with Gasteiger partial charge in [0.15, 0.2) is 5.65 Å². The van der Waals surface area contributed by atoms with Crippen molar-refractivity contribution >= 4 is 33.8 Å². The van der Waals surface area contributed by atoms with Gasteiger partial charge in [-0.1, -0.05) is 17.7 Å². The van der Waals surface area contributed by atoms with Gasteiger partial charge in [-0.2, -0.15) is 0 Å². The average Bonchev–Trinajstić information content (AvgIpc) is 3.24. The molecule has 144 valence electrons. The standard InChI is InChI=1S/C20H12ClF2N5O/c21-13-2-1-3-14(23)12(13)9-27-19-16(25-20(27)29)6-7-18(26-19)28-10-24-15-5-4-11(22)8-17(15)28/h1-8,10H,9H2,(H,25,29). The molecule has 3 heterocycles. The lowest BCUT2D eigenvalue weighted by atomic mass is 10.2. The normalized spacial score (nSPS) is 11.6. The van der Waals surface area contributed by atoms with Crippen LogP contribution in [0.1, 0.15) is 5.56 Å². The fraction of sp³-hybridized carbons (Fsp3) is 0.0500. The molecule has 0 aliphatic heterocycles. The topological polar surface area (TPSA) is 68.5 Å². The van der Waals surface area contributed by atoms with Gasteiger partial charge in [0.1, 0.15) is 23.8 Å². The van der Waals surface area contributed by atoms with Crippen LogP contribution in [0.25, 0.3) is 28.0 Å². The zero-order chi connectivity index (χ0) is 20.1.